The maximum Gasteiger partial charge on any atom is 0.101 e. The number of thiazole rings is 1. The highest BCUT2D eigenvalue weighted by Crippen LogP contribution is 2.25. The second-order valence-corrected chi connectivity index (χ2v) is 8.24. The minimum atomic E-state index is 0.624. The fourth-order valence-corrected chi connectivity index (χ4v) is 3.99. The lowest BCUT2D eigenvalue weighted by Gasteiger charge is -2.36. The molecule has 132 valence electrons. The lowest BCUT2D eigenvalue weighted by atomic mass is 10.00. The molecule has 1 fully saturated rings. The minimum absolute atomic E-state index is 0.624. The van der Waals surface area contributed by atoms with Gasteiger partial charge in [0.1, 0.15) is 6.07 Å². The van der Waals surface area contributed by atoms with Crippen molar-refractivity contribution in [3.8, 4) is 6.07 Å². The molecule has 0 atom stereocenters. The molecular weight excluding hydrogens is 328 g/mol. The number of benzene rings is 1. The summed E-state index contributed by atoms with van der Waals surface area (Å²) < 4.78 is 0. The van der Waals surface area contributed by atoms with Crippen LogP contribution in [0, 0.1) is 24.2 Å². The van der Waals surface area contributed by atoms with Crippen molar-refractivity contribution >= 4 is 17.0 Å². The first kappa shape index (κ1) is 17.9. The van der Waals surface area contributed by atoms with Crippen LogP contribution in [0.15, 0.2) is 23.6 Å². The normalized spacial score (nSPS) is 15.6. The van der Waals surface area contributed by atoms with E-state index in [-0.39, 0.29) is 0 Å². The molecule has 1 aromatic heterocycles. The molecule has 0 aliphatic carbocycles. The third-order valence-corrected chi connectivity index (χ3v) is 5.41. The topological polar surface area (TPSA) is 43.2 Å². The summed E-state index contributed by atoms with van der Waals surface area (Å²) in [5, 5.41) is 12.8. The van der Waals surface area contributed by atoms with E-state index < -0.39 is 0 Å². The fourth-order valence-electron chi connectivity index (χ4n) is 3.39. The van der Waals surface area contributed by atoms with Gasteiger partial charge in [0, 0.05) is 38.1 Å². The number of nitrogens with zero attached hydrogens (tertiary/aromatic N) is 4. The Kier molecular flexibility index (Phi) is 5.72. The Morgan fingerprint density at radius 2 is 2.00 bits per heavy atom. The monoisotopic (exact) mass is 354 g/mol. The highest BCUT2D eigenvalue weighted by atomic mass is 32.1. The van der Waals surface area contributed by atoms with Crippen molar-refractivity contribution < 1.29 is 0 Å². The number of aryl methyl sites for hydroxylation is 1. The Morgan fingerprint density at radius 3 is 2.60 bits per heavy atom. The molecule has 1 saturated heterocycles. The number of piperazine rings is 1. The maximum absolute atomic E-state index is 9.48. The van der Waals surface area contributed by atoms with Gasteiger partial charge in [0.25, 0.3) is 0 Å². The van der Waals surface area contributed by atoms with E-state index in [1.807, 2.05) is 6.07 Å². The van der Waals surface area contributed by atoms with Gasteiger partial charge in [-0.15, -0.1) is 11.3 Å². The van der Waals surface area contributed by atoms with Gasteiger partial charge in [-0.1, -0.05) is 19.9 Å². The lowest BCUT2D eigenvalue weighted by molar-refractivity contribution is 0.247. The summed E-state index contributed by atoms with van der Waals surface area (Å²) in [5.74, 6) is 0.624. The van der Waals surface area contributed by atoms with Crippen LogP contribution >= 0.6 is 11.3 Å². The smallest absolute Gasteiger partial charge is 0.101 e. The lowest BCUT2D eigenvalue weighted by Crippen LogP contribution is -2.46. The molecule has 5 heteroatoms. The molecule has 2 aromatic rings. The van der Waals surface area contributed by atoms with Gasteiger partial charge < -0.3 is 4.90 Å². The summed E-state index contributed by atoms with van der Waals surface area (Å²) in [6, 6.07) is 8.67. The van der Waals surface area contributed by atoms with Gasteiger partial charge in [-0.2, -0.15) is 5.26 Å². The van der Waals surface area contributed by atoms with E-state index in [4.69, 9.17) is 0 Å². The number of hydrogen-bond acceptors (Lipinski definition) is 5. The van der Waals surface area contributed by atoms with Crippen molar-refractivity contribution in [1.29, 1.82) is 5.26 Å². The molecular formula is C20H26N4S. The average Bonchev–Trinajstić information content (AvgIpc) is 3.00. The zero-order valence-corrected chi connectivity index (χ0v) is 16.1. The summed E-state index contributed by atoms with van der Waals surface area (Å²) in [6.07, 6.45) is 1.06. The van der Waals surface area contributed by atoms with Crippen LogP contribution in [-0.2, 0) is 13.0 Å². The van der Waals surface area contributed by atoms with Crippen LogP contribution in [0.5, 0.6) is 0 Å². The van der Waals surface area contributed by atoms with Crippen LogP contribution in [-0.4, -0.2) is 36.1 Å². The highest BCUT2D eigenvalue weighted by Gasteiger charge is 2.20. The number of hydrogen-bond donors (Lipinski definition) is 0. The highest BCUT2D eigenvalue weighted by molar-refractivity contribution is 7.09. The molecule has 0 bridgehead atoms. The molecule has 0 saturated carbocycles. The van der Waals surface area contributed by atoms with Crippen molar-refractivity contribution in [3.63, 3.8) is 0 Å². The Balaban J connectivity index is 1.66. The molecule has 1 aliphatic heterocycles. The van der Waals surface area contributed by atoms with Crippen LogP contribution in [0.4, 0.5) is 5.69 Å². The summed E-state index contributed by atoms with van der Waals surface area (Å²) in [7, 11) is 0. The van der Waals surface area contributed by atoms with E-state index in [0.29, 0.717) is 5.92 Å². The fraction of sp³-hybridized carbons (Fsp3) is 0.500. The quantitative estimate of drug-likeness (QED) is 0.818. The standard InChI is InChI=1S/C20H26N4S/c1-15(2)10-17-4-5-18(12-21)20(11-17)24-8-6-23(7-9-24)13-19-14-25-16(3)22-19/h4-5,11,14-15H,6-10,13H2,1-3H3. The van der Waals surface area contributed by atoms with E-state index in [0.717, 1.165) is 55.4 Å². The summed E-state index contributed by atoms with van der Waals surface area (Å²) in [5.41, 5.74) is 4.39. The molecule has 2 heterocycles. The van der Waals surface area contributed by atoms with Crippen molar-refractivity contribution in [2.24, 2.45) is 5.92 Å². The van der Waals surface area contributed by atoms with Gasteiger partial charge in [-0.25, -0.2) is 4.98 Å². The molecule has 0 unspecified atom stereocenters. The zero-order chi connectivity index (χ0) is 17.8. The van der Waals surface area contributed by atoms with Gasteiger partial charge in [-0.3, -0.25) is 4.90 Å². The molecule has 0 amide bonds. The summed E-state index contributed by atoms with van der Waals surface area (Å²) in [6.45, 7) is 11.4. The Labute approximate surface area is 154 Å². The van der Waals surface area contributed by atoms with Crippen LogP contribution in [0.25, 0.3) is 0 Å². The summed E-state index contributed by atoms with van der Waals surface area (Å²) >= 11 is 1.72. The first-order chi connectivity index (χ1) is 12.0. The molecule has 0 N–H and O–H groups in total. The van der Waals surface area contributed by atoms with Crippen LogP contribution in [0.1, 0.15) is 35.7 Å². The number of anilines is 1. The van der Waals surface area contributed by atoms with Crippen LogP contribution in [0.2, 0.25) is 0 Å². The Bertz CT molecular complexity index is 751. The first-order valence-electron chi connectivity index (χ1n) is 8.96. The van der Waals surface area contributed by atoms with Crippen molar-refractivity contribution in [2.75, 3.05) is 31.1 Å². The maximum atomic E-state index is 9.48. The molecule has 1 aromatic carbocycles. The Hall–Kier alpha value is -1.90. The van der Waals surface area contributed by atoms with Crippen LogP contribution < -0.4 is 4.90 Å². The Morgan fingerprint density at radius 1 is 1.24 bits per heavy atom. The number of rotatable bonds is 5. The predicted octanol–water partition coefficient (Wildman–Crippen LogP) is 3.84. The van der Waals surface area contributed by atoms with Gasteiger partial charge in [0.2, 0.25) is 0 Å². The molecule has 0 radical (unpaired) electrons. The van der Waals surface area contributed by atoms with Crippen molar-refractivity contribution in [1.82, 2.24) is 9.88 Å². The van der Waals surface area contributed by atoms with Gasteiger partial charge in [0.15, 0.2) is 0 Å². The van der Waals surface area contributed by atoms with E-state index in [9.17, 15) is 5.26 Å². The zero-order valence-electron chi connectivity index (χ0n) is 15.3. The van der Waals surface area contributed by atoms with Crippen molar-refractivity contribution in [2.45, 2.75) is 33.7 Å². The van der Waals surface area contributed by atoms with E-state index in [2.05, 4.69) is 59.1 Å². The second kappa shape index (κ2) is 7.99. The number of aromatic nitrogens is 1. The summed E-state index contributed by atoms with van der Waals surface area (Å²) in [4.78, 5) is 9.39. The minimum Gasteiger partial charge on any atom is -0.368 e. The largest absolute Gasteiger partial charge is 0.368 e. The molecule has 1 aliphatic rings. The molecule has 3 rings (SSSR count). The van der Waals surface area contributed by atoms with Gasteiger partial charge in [0.05, 0.1) is 22.0 Å². The SMILES string of the molecule is Cc1nc(CN2CCN(c3cc(CC(C)C)ccc3C#N)CC2)cs1. The van der Waals surface area contributed by atoms with E-state index in [1.54, 1.807) is 11.3 Å². The predicted molar refractivity (Wildman–Crippen MR) is 104 cm³/mol. The average molecular weight is 355 g/mol. The first-order valence-corrected chi connectivity index (χ1v) is 9.84. The van der Waals surface area contributed by atoms with E-state index in [1.165, 1.54) is 11.3 Å². The van der Waals surface area contributed by atoms with E-state index >= 15 is 0 Å². The third kappa shape index (κ3) is 4.59. The van der Waals surface area contributed by atoms with Crippen LogP contribution in [0.3, 0.4) is 0 Å². The molecule has 0 spiro atoms. The molecule has 4 nitrogen and oxygen atoms in total. The third-order valence-electron chi connectivity index (χ3n) is 4.59. The second-order valence-electron chi connectivity index (χ2n) is 7.18. The number of nitriles is 1. The van der Waals surface area contributed by atoms with Crippen molar-refractivity contribution in [3.05, 3.63) is 45.4 Å². The van der Waals surface area contributed by atoms with Gasteiger partial charge >= 0.3 is 0 Å². The molecule has 25 heavy (non-hydrogen) atoms. The van der Waals surface area contributed by atoms with Gasteiger partial charge in [-0.05, 0) is 37.0 Å².